The summed E-state index contributed by atoms with van der Waals surface area (Å²) in [5.74, 6) is 0.895. The zero-order valence-electron chi connectivity index (χ0n) is 11.2. The first-order valence-corrected chi connectivity index (χ1v) is 7.03. The molecule has 0 heterocycles. The van der Waals surface area contributed by atoms with Gasteiger partial charge in [0.05, 0.1) is 11.6 Å². The standard InChI is InChI=1S/C17H21N/c1-2-3-4-14-5-9-16(10-6-14)17-11-7-15(13-18)8-12-17/h7-9,11-12,14H,2-6,10H2,1H3. The Labute approximate surface area is 110 Å². The third kappa shape index (κ3) is 3.23. The van der Waals surface area contributed by atoms with Gasteiger partial charge in [-0.25, -0.2) is 0 Å². The first-order chi connectivity index (χ1) is 8.83. The van der Waals surface area contributed by atoms with E-state index in [0.29, 0.717) is 0 Å². The highest BCUT2D eigenvalue weighted by atomic mass is 14.2. The lowest BCUT2D eigenvalue weighted by molar-refractivity contribution is 0.434. The minimum Gasteiger partial charge on any atom is -0.192 e. The van der Waals surface area contributed by atoms with Crippen LogP contribution in [0.25, 0.3) is 5.57 Å². The molecule has 0 aromatic heterocycles. The summed E-state index contributed by atoms with van der Waals surface area (Å²) < 4.78 is 0. The van der Waals surface area contributed by atoms with Gasteiger partial charge in [0.25, 0.3) is 0 Å². The summed E-state index contributed by atoms with van der Waals surface area (Å²) in [7, 11) is 0. The van der Waals surface area contributed by atoms with Gasteiger partial charge >= 0.3 is 0 Å². The quantitative estimate of drug-likeness (QED) is 0.730. The lowest BCUT2D eigenvalue weighted by Crippen LogP contribution is -2.05. The molecule has 18 heavy (non-hydrogen) atoms. The van der Waals surface area contributed by atoms with E-state index in [-0.39, 0.29) is 0 Å². The SMILES string of the molecule is CCCCC1CC=C(c2ccc(C#N)cc2)CC1. The van der Waals surface area contributed by atoms with E-state index in [2.05, 4.69) is 31.2 Å². The Hall–Kier alpha value is -1.55. The number of rotatable bonds is 4. The Morgan fingerprint density at radius 2 is 2.06 bits per heavy atom. The molecular formula is C17H21N. The van der Waals surface area contributed by atoms with Crippen molar-refractivity contribution >= 4 is 5.57 Å². The Kier molecular flexibility index (Phi) is 4.59. The summed E-state index contributed by atoms with van der Waals surface area (Å²) >= 11 is 0. The Bertz CT molecular complexity index is 447. The first kappa shape index (κ1) is 12.9. The summed E-state index contributed by atoms with van der Waals surface area (Å²) in [6.45, 7) is 2.26. The average Bonchev–Trinajstić information content (AvgIpc) is 2.46. The second-order valence-corrected chi connectivity index (χ2v) is 5.20. The van der Waals surface area contributed by atoms with Crippen LogP contribution in [0.4, 0.5) is 0 Å². The molecule has 0 fully saturated rings. The van der Waals surface area contributed by atoms with Gasteiger partial charge in [-0.1, -0.05) is 44.4 Å². The van der Waals surface area contributed by atoms with Gasteiger partial charge < -0.3 is 0 Å². The highest BCUT2D eigenvalue weighted by Gasteiger charge is 2.14. The van der Waals surface area contributed by atoms with Crippen LogP contribution in [0.1, 0.15) is 56.6 Å². The molecule has 1 aliphatic carbocycles. The summed E-state index contributed by atoms with van der Waals surface area (Å²) in [6, 6.07) is 10.2. The maximum atomic E-state index is 8.79. The average molecular weight is 239 g/mol. The molecule has 1 heteroatoms. The fourth-order valence-electron chi connectivity index (χ4n) is 2.66. The molecule has 0 saturated carbocycles. The zero-order valence-corrected chi connectivity index (χ0v) is 11.2. The van der Waals surface area contributed by atoms with Gasteiger partial charge in [0.15, 0.2) is 0 Å². The van der Waals surface area contributed by atoms with Crippen molar-refractivity contribution in [2.24, 2.45) is 5.92 Å². The van der Waals surface area contributed by atoms with Gasteiger partial charge in [0.1, 0.15) is 0 Å². The van der Waals surface area contributed by atoms with Gasteiger partial charge in [-0.3, -0.25) is 0 Å². The molecule has 1 atom stereocenters. The monoisotopic (exact) mass is 239 g/mol. The molecule has 1 nitrogen and oxygen atoms in total. The van der Waals surface area contributed by atoms with Crippen molar-refractivity contribution in [2.75, 3.05) is 0 Å². The van der Waals surface area contributed by atoms with E-state index in [0.717, 1.165) is 11.5 Å². The molecule has 1 unspecified atom stereocenters. The molecule has 0 saturated heterocycles. The van der Waals surface area contributed by atoms with Crippen LogP contribution in [0, 0.1) is 17.2 Å². The van der Waals surface area contributed by atoms with E-state index in [1.807, 2.05) is 12.1 Å². The van der Waals surface area contributed by atoms with Gasteiger partial charge in [0, 0.05) is 0 Å². The highest BCUT2D eigenvalue weighted by molar-refractivity contribution is 5.66. The van der Waals surface area contributed by atoms with Crippen LogP contribution in [-0.2, 0) is 0 Å². The second-order valence-electron chi connectivity index (χ2n) is 5.20. The minimum atomic E-state index is 0.746. The van der Waals surface area contributed by atoms with E-state index in [9.17, 15) is 0 Å². The van der Waals surface area contributed by atoms with Crippen LogP contribution < -0.4 is 0 Å². The maximum absolute atomic E-state index is 8.79. The molecule has 94 valence electrons. The number of nitriles is 1. The van der Waals surface area contributed by atoms with E-state index in [1.165, 1.54) is 49.7 Å². The molecule has 0 radical (unpaired) electrons. The smallest absolute Gasteiger partial charge is 0.0991 e. The van der Waals surface area contributed by atoms with Crippen LogP contribution in [0.15, 0.2) is 30.3 Å². The summed E-state index contributed by atoms with van der Waals surface area (Å²) in [5, 5.41) is 8.79. The lowest BCUT2D eigenvalue weighted by Gasteiger charge is -2.22. The fraction of sp³-hybridized carbons (Fsp3) is 0.471. The first-order valence-electron chi connectivity index (χ1n) is 7.03. The van der Waals surface area contributed by atoms with Gasteiger partial charge in [-0.15, -0.1) is 0 Å². The van der Waals surface area contributed by atoms with E-state index in [1.54, 1.807) is 0 Å². The van der Waals surface area contributed by atoms with Gasteiger partial charge in [0.2, 0.25) is 0 Å². The number of unbranched alkanes of at least 4 members (excludes halogenated alkanes) is 1. The zero-order chi connectivity index (χ0) is 12.8. The molecule has 0 N–H and O–H groups in total. The van der Waals surface area contributed by atoms with Crippen molar-refractivity contribution < 1.29 is 0 Å². The van der Waals surface area contributed by atoms with Gasteiger partial charge in [-0.2, -0.15) is 5.26 Å². The van der Waals surface area contributed by atoms with Crippen LogP contribution in [-0.4, -0.2) is 0 Å². The van der Waals surface area contributed by atoms with Crippen molar-refractivity contribution in [2.45, 2.75) is 45.4 Å². The number of allylic oxidation sites excluding steroid dienone is 2. The van der Waals surface area contributed by atoms with Crippen molar-refractivity contribution in [1.29, 1.82) is 5.26 Å². The van der Waals surface area contributed by atoms with Crippen molar-refractivity contribution in [3.05, 3.63) is 41.5 Å². The Balaban J connectivity index is 1.98. The van der Waals surface area contributed by atoms with E-state index in [4.69, 9.17) is 5.26 Å². The Morgan fingerprint density at radius 3 is 2.61 bits per heavy atom. The topological polar surface area (TPSA) is 23.8 Å². The number of hydrogen-bond acceptors (Lipinski definition) is 1. The number of hydrogen-bond donors (Lipinski definition) is 0. The number of benzene rings is 1. The van der Waals surface area contributed by atoms with Crippen molar-refractivity contribution in [3.63, 3.8) is 0 Å². The molecular weight excluding hydrogens is 218 g/mol. The largest absolute Gasteiger partial charge is 0.192 e. The molecule has 1 aromatic rings. The molecule has 1 aliphatic rings. The van der Waals surface area contributed by atoms with Crippen LogP contribution in [0.3, 0.4) is 0 Å². The molecule has 0 aliphatic heterocycles. The molecule has 0 bridgehead atoms. The van der Waals surface area contributed by atoms with Crippen molar-refractivity contribution in [1.82, 2.24) is 0 Å². The third-order valence-corrected chi connectivity index (χ3v) is 3.87. The lowest BCUT2D eigenvalue weighted by atomic mass is 9.84. The van der Waals surface area contributed by atoms with Crippen LogP contribution in [0.5, 0.6) is 0 Å². The van der Waals surface area contributed by atoms with Gasteiger partial charge in [-0.05, 0) is 48.4 Å². The second kappa shape index (κ2) is 6.40. The van der Waals surface area contributed by atoms with Crippen molar-refractivity contribution in [3.8, 4) is 6.07 Å². The third-order valence-electron chi connectivity index (χ3n) is 3.87. The van der Waals surface area contributed by atoms with Crippen LogP contribution in [0.2, 0.25) is 0 Å². The molecule has 0 spiro atoms. The minimum absolute atomic E-state index is 0.746. The predicted molar refractivity (Wildman–Crippen MR) is 76.0 cm³/mol. The molecule has 0 amide bonds. The molecule has 1 aromatic carbocycles. The highest BCUT2D eigenvalue weighted by Crippen LogP contribution is 2.32. The normalized spacial score (nSPS) is 19.1. The fourth-order valence-corrected chi connectivity index (χ4v) is 2.66. The predicted octanol–water partition coefficient (Wildman–Crippen LogP) is 4.93. The maximum Gasteiger partial charge on any atom is 0.0991 e. The van der Waals surface area contributed by atoms with E-state index >= 15 is 0 Å². The molecule has 2 rings (SSSR count). The Morgan fingerprint density at radius 1 is 1.28 bits per heavy atom. The summed E-state index contributed by atoms with van der Waals surface area (Å²) in [6.07, 6.45) is 10.2. The number of nitrogens with zero attached hydrogens (tertiary/aromatic N) is 1. The summed E-state index contributed by atoms with van der Waals surface area (Å²) in [4.78, 5) is 0. The van der Waals surface area contributed by atoms with E-state index < -0.39 is 0 Å². The van der Waals surface area contributed by atoms with Crippen LogP contribution >= 0.6 is 0 Å². The summed E-state index contributed by atoms with van der Waals surface area (Å²) in [5.41, 5.74) is 3.51.